The highest BCUT2D eigenvalue weighted by molar-refractivity contribution is 5.91. The van der Waals surface area contributed by atoms with Gasteiger partial charge in [0.15, 0.2) is 5.54 Å². The van der Waals surface area contributed by atoms with Gasteiger partial charge in [0.2, 0.25) is 5.91 Å². The van der Waals surface area contributed by atoms with Crippen LogP contribution in [0.3, 0.4) is 0 Å². The molecule has 1 aliphatic heterocycles. The average molecular weight is 463 g/mol. The van der Waals surface area contributed by atoms with E-state index < -0.39 is 17.2 Å². The Morgan fingerprint density at radius 1 is 1.12 bits per heavy atom. The van der Waals surface area contributed by atoms with E-state index in [4.69, 9.17) is 9.47 Å². The van der Waals surface area contributed by atoms with E-state index in [0.717, 1.165) is 22.4 Å². The normalized spacial score (nSPS) is 17.3. The molecule has 0 bridgehead atoms. The Morgan fingerprint density at radius 3 is 2.56 bits per heavy atom. The topological polar surface area (TPSA) is 94.5 Å². The molecule has 4 rings (SSSR count). The standard InChI is InChI=1S/C26H30N4O4/c1-25(2,3)34-24(32)28-26(14-19-12-8-9-13-21(19)33-17-26)23(31)27-15-20-16-30(4)29-22(20)18-10-6-5-7-11-18/h5-13,16H,14-15,17H2,1-4H3,(H,27,31)(H,28,32). The lowest BCUT2D eigenvalue weighted by molar-refractivity contribution is -0.129. The molecule has 8 heteroatoms. The zero-order valence-corrected chi connectivity index (χ0v) is 19.9. The van der Waals surface area contributed by atoms with Gasteiger partial charge in [-0.1, -0.05) is 48.5 Å². The number of carbonyl (C=O) groups is 2. The summed E-state index contributed by atoms with van der Waals surface area (Å²) in [5.74, 6) is 0.353. The molecule has 1 aromatic heterocycles. The number of hydrogen-bond donors (Lipinski definition) is 2. The molecule has 1 atom stereocenters. The van der Waals surface area contributed by atoms with E-state index in [9.17, 15) is 9.59 Å². The van der Waals surface area contributed by atoms with Crippen molar-refractivity contribution in [2.45, 2.75) is 44.9 Å². The van der Waals surface area contributed by atoms with Gasteiger partial charge in [-0.15, -0.1) is 0 Å². The summed E-state index contributed by atoms with van der Waals surface area (Å²) in [4.78, 5) is 26.3. The molecule has 0 spiro atoms. The minimum Gasteiger partial charge on any atom is -0.490 e. The van der Waals surface area contributed by atoms with E-state index in [1.807, 2.05) is 67.8 Å². The molecule has 2 amide bonds. The van der Waals surface area contributed by atoms with Crippen molar-refractivity contribution in [3.63, 3.8) is 0 Å². The van der Waals surface area contributed by atoms with Crippen molar-refractivity contribution in [2.75, 3.05) is 6.61 Å². The van der Waals surface area contributed by atoms with Crippen LogP contribution in [0.4, 0.5) is 4.79 Å². The van der Waals surface area contributed by atoms with Gasteiger partial charge in [-0.05, 0) is 32.4 Å². The quantitative estimate of drug-likeness (QED) is 0.604. The predicted molar refractivity (Wildman–Crippen MR) is 128 cm³/mol. The Morgan fingerprint density at radius 2 is 1.82 bits per heavy atom. The van der Waals surface area contributed by atoms with Gasteiger partial charge in [-0.2, -0.15) is 5.10 Å². The first kappa shape index (κ1) is 23.4. The summed E-state index contributed by atoms with van der Waals surface area (Å²) in [6.07, 6.45) is 1.49. The summed E-state index contributed by atoms with van der Waals surface area (Å²) in [5, 5.41) is 10.3. The molecule has 178 valence electrons. The molecule has 0 saturated carbocycles. The van der Waals surface area contributed by atoms with Crippen LogP contribution in [-0.2, 0) is 29.5 Å². The molecule has 0 aliphatic carbocycles. The fraction of sp³-hybridized carbons (Fsp3) is 0.346. The lowest BCUT2D eigenvalue weighted by Gasteiger charge is -2.37. The number of hydrogen-bond acceptors (Lipinski definition) is 5. The molecular weight excluding hydrogens is 432 g/mol. The van der Waals surface area contributed by atoms with Gasteiger partial charge in [-0.25, -0.2) is 4.79 Å². The maximum atomic E-state index is 13.6. The van der Waals surface area contributed by atoms with Crippen LogP contribution in [-0.4, -0.2) is 39.5 Å². The zero-order chi connectivity index (χ0) is 24.3. The van der Waals surface area contributed by atoms with E-state index in [0.29, 0.717) is 5.75 Å². The van der Waals surface area contributed by atoms with Crippen LogP contribution in [0.15, 0.2) is 60.8 Å². The second kappa shape index (κ2) is 9.21. The fourth-order valence-electron chi connectivity index (χ4n) is 4.00. The third kappa shape index (κ3) is 5.22. The van der Waals surface area contributed by atoms with Crippen molar-refractivity contribution >= 4 is 12.0 Å². The van der Waals surface area contributed by atoms with Crippen LogP contribution in [0.5, 0.6) is 5.75 Å². The van der Waals surface area contributed by atoms with Crippen molar-refractivity contribution in [1.82, 2.24) is 20.4 Å². The highest BCUT2D eigenvalue weighted by atomic mass is 16.6. The monoisotopic (exact) mass is 462 g/mol. The van der Waals surface area contributed by atoms with Crippen molar-refractivity contribution in [3.05, 3.63) is 71.9 Å². The average Bonchev–Trinajstić information content (AvgIpc) is 3.17. The maximum absolute atomic E-state index is 13.6. The molecular formula is C26H30N4O4. The maximum Gasteiger partial charge on any atom is 0.408 e. The number of aryl methyl sites for hydroxylation is 1. The third-order valence-electron chi connectivity index (χ3n) is 5.50. The number of alkyl carbamates (subject to hydrolysis) is 1. The van der Waals surface area contributed by atoms with Gasteiger partial charge in [0.25, 0.3) is 0 Å². The second-order valence-corrected chi connectivity index (χ2v) is 9.51. The van der Waals surface area contributed by atoms with Crippen LogP contribution in [0, 0.1) is 0 Å². The van der Waals surface area contributed by atoms with Crippen molar-refractivity contribution in [2.24, 2.45) is 7.05 Å². The summed E-state index contributed by atoms with van der Waals surface area (Å²) >= 11 is 0. The van der Waals surface area contributed by atoms with Gasteiger partial charge < -0.3 is 20.1 Å². The summed E-state index contributed by atoms with van der Waals surface area (Å²) in [5.41, 5.74) is 1.45. The highest BCUT2D eigenvalue weighted by Crippen LogP contribution is 2.30. The van der Waals surface area contributed by atoms with E-state index in [-0.39, 0.29) is 25.5 Å². The van der Waals surface area contributed by atoms with Gasteiger partial charge in [0.05, 0.1) is 5.69 Å². The van der Waals surface area contributed by atoms with Crippen LogP contribution in [0.2, 0.25) is 0 Å². The van der Waals surface area contributed by atoms with E-state index in [1.54, 1.807) is 25.5 Å². The fourth-order valence-corrected chi connectivity index (χ4v) is 4.00. The molecule has 34 heavy (non-hydrogen) atoms. The number of nitrogens with one attached hydrogen (secondary N) is 2. The lowest BCUT2D eigenvalue weighted by atomic mass is 9.87. The molecule has 3 aromatic rings. The van der Waals surface area contributed by atoms with Gasteiger partial charge in [-0.3, -0.25) is 9.48 Å². The number of fused-ring (bicyclic) bond motifs is 1. The van der Waals surface area contributed by atoms with Crippen molar-refractivity contribution in [1.29, 1.82) is 0 Å². The molecule has 2 heterocycles. The largest absolute Gasteiger partial charge is 0.490 e. The van der Waals surface area contributed by atoms with Crippen LogP contribution in [0.1, 0.15) is 31.9 Å². The second-order valence-electron chi connectivity index (χ2n) is 9.51. The molecule has 1 aliphatic rings. The van der Waals surface area contributed by atoms with E-state index in [2.05, 4.69) is 15.7 Å². The number of rotatable bonds is 5. The molecule has 2 aromatic carbocycles. The summed E-state index contributed by atoms with van der Waals surface area (Å²) < 4.78 is 13.1. The number of nitrogens with zero attached hydrogens (tertiary/aromatic N) is 2. The molecule has 8 nitrogen and oxygen atoms in total. The minimum absolute atomic E-state index is 0.00628. The lowest BCUT2D eigenvalue weighted by Crippen LogP contribution is -2.65. The smallest absolute Gasteiger partial charge is 0.408 e. The number of carbonyl (C=O) groups excluding carboxylic acids is 2. The Bertz CT molecular complexity index is 1180. The Labute approximate surface area is 199 Å². The number of aromatic nitrogens is 2. The van der Waals surface area contributed by atoms with Gasteiger partial charge in [0, 0.05) is 37.3 Å². The summed E-state index contributed by atoms with van der Waals surface area (Å²) in [6, 6.07) is 17.3. The van der Waals surface area contributed by atoms with Gasteiger partial charge in [0.1, 0.15) is 18.0 Å². The number of para-hydroxylation sites is 1. The first-order chi connectivity index (χ1) is 16.2. The number of benzene rings is 2. The van der Waals surface area contributed by atoms with Crippen LogP contribution >= 0.6 is 0 Å². The van der Waals surface area contributed by atoms with Crippen molar-refractivity contribution in [3.8, 4) is 17.0 Å². The van der Waals surface area contributed by atoms with E-state index >= 15 is 0 Å². The van der Waals surface area contributed by atoms with Crippen LogP contribution in [0.25, 0.3) is 11.3 Å². The van der Waals surface area contributed by atoms with E-state index in [1.165, 1.54) is 0 Å². The van der Waals surface area contributed by atoms with Gasteiger partial charge >= 0.3 is 6.09 Å². The number of ether oxygens (including phenoxy) is 2. The Balaban J connectivity index is 1.57. The predicted octanol–water partition coefficient (Wildman–Crippen LogP) is 3.60. The highest BCUT2D eigenvalue weighted by Gasteiger charge is 2.45. The molecule has 2 N–H and O–H groups in total. The molecule has 0 saturated heterocycles. The van der Waals surface area contributed by atoms with Crippen LogP contribution < -0.4 is 15.4 Å². The number of amides is 2. The minimum atomic E-state index is -1.31. The summed E-state index contributed by atoms with van der Waals surface area (Å²) in [6.45, 7) is 5.57. The SMILES string of the molecule is Cn1cc(CNC(=O)C2(NC(=O)OC(C)(C)C)COc3ccccc3C2)c(-c2ccccc2)n1. The molecule has 0 fully saturated rings. The Kier molecular flexibility index (Phi) is 6.32. The first-order valence-electron chi connectivity index (χ1n) is 11.2. The Hall–Kier alpha value is -3.81. The first-order valence-corrected chi connectivity index (χ1v) is 11.2. The van der Waals surface area contributed by atoms with Crippen molar-refractivity contribution < 1.29 is 19.1 Å². The zero-order valence-electron chi connectivity index (χ0n) is 19.9. The third-order valence-corrected chi connectivity index (χ3v) is 5.50. The molecule has 1 unspecified atom stereocenters. The summed E-state index contributed by atoms with van der Waals surface area (Å²) in [7, 11) is 1.84. The molecule has 0 radical (unpaired) electrons.